The number of aromatic carboxylic acids is 1. The molecule has 3 aromatic rings. The molecule has 0 saturated heterocycles. The van der Waals surface area contributed by atoms with E-state index in [1.54, 1.807) is 60.7 Å². The second-order valence-corrected chi connectivity index (χ2v) is 9.99. The zero-order valence-corrected chi connectivity index (χ0v) is 18.7. The second kappa shape index (κ2) is 9.22. The summed E-state index contributed by atoms with van der Waals surface area (Å²) in [6.45, 7) is 0.498. The molecule has 0 bridgehead atoms. The minimum Gasteiger partial charge on any atom is -0.487 e. The predicted octanol–water partition coefficient (Wildman–Crippen LogP) is 5.22. The van der Waals surface area contributed by atoms with E-state index in [1.807, 2.05) is 0 Å². The summed E-state index contributed by atoms with van der Waals surface area (Å²) in [5.41, 5.74) is 1.36. The lowest BCUT2D eigenvalue weighted by atomic mass is 10.1. The molecule has 1 aliphatic carbocycles. The van der Waals surface area contributed by atoms with Gasteiger partial charge < -0.3 is 9.84 Å². The number of nitrogens with zero attached hydrogens (tertiary/aromatic N) is 1. The number of anilines is 1. The predicted molar refractivity (Wildman–Crippen MR) is 123 cm³/mol. The van der Waals surface area contributed by atoms with Crippen molar-refractivity contribution >= 4 is 33.3 Å². The number of sulfonamides is 1. The van der Waals surface area contributed by atoms with Gasteiger partial charge in [-0.1, -0.05) is 41.9 Å². The zero-order valence-electron chi connectivity index (χ0n) is 17.1. The molecule has 1 fully saturated rings. The highest BCUT2D eigenvalue weighted by atomic mass is 35.5. The average Bonchev–Trinajstić information content (AvgIpc) is 3.61. The molecule has 0 spiro atoms. The third-order valence-corrected chi connectivity index (χ3v) is 7.27. The molecule has 1 N–H and O–H groups in total. The highest BCUT2D eigenvalue weighted by molar-refractivity contribution is 7.92. The molecule has 166 valence electrons. The van der Waals surface area contributed by atoms with Gasteiger partial charge in [0.25, 0.3) is 10.0 Å². The normalized spacial score (nSPS) is 13.5. The molecule has 0 unspecified atom stereocenters. The second-order valence-electron chi connectivity index (χ2n) is 7.70. The molecule has 32 heavy (non-hydrogen) atoms. The minimum absolute atomic E-state index is 0.135. The van der Waals surface area contributed by atoms with Crippen LogP contribution in [0.3, 0.4) is 0 Å². The number of rotatable bonds is 9. The fourth-order valence-electron chi connectivity index (χ4n) is 3.29. The van der Waals surface area contributed by atoms with Gasteiger partial charge in [-0.25, -0.2) is 13.2 Å². The van der Waals surface area contributed by atoms with Gasteiger partial charge in [-0.05, 0) is 60.7 Å². The van der Waals surface area contributed by atoms with E-state index in [-0.39, 0.29) is 17.1 Å². The van der Waals surface area contributed by atoms with Gasteiger partial charge in [-0.2, -0.15) is 0 Å². The summed E-state index contributed by atoms with van der Waals surface area (Å²) in [6.07, 6.45) is 1.97. The summed E-state index contributed by atoms with van der Waals surface area (Å²) < 4.78 is 34.4. The maximum absolute atomic E-state index is 13.5. The molecule has 0 radical (unpaired) electrons. The molecule has 0 aromatic heterocycles. The van der Waals surface area contributed by atoms with Crippen LogP contribution in [0, 0.1) is 5.92 Å². The van der Waals surface area contributed by atoms with Crippen LogP contribution in [0.2, 0.25) is 5.02 Å². The Hall–Kier alpha value is -3.03. The first kappa shape index (κ1) is 22.2. The van der Waals surface area contributed by atoms with Crippen LogP contribution in [0.1, 0.15) is 28.8 Å². The van der Waals surface area contributed by atoms with Crippen molar-refractivity contribution in [3.8, 4) is 5.75 Å². The van der Waals surface area contributed by atoms with Gasteiger partial charge in [0.15, 0.2) is 0 Å². The highest BCUT2D eigenvalue weighted by Gasteiger charge is 2.33. The van der Waals surface area contributed by atoms with Crippen LogP contribution in [0.5, 0.6) is 5.75 Å². The number of hydrogen-bond donors (Lipinski definition) is 1. The Morgan fingerprint density at radius 2 is 1.72 bits per heavy atom. The fraction of sp³-hybridized carbons (Fsp3) is 0.208. The smallest absolute Gasteiger partial charge is 0.335 e. The Morgan fingerprint density at radius 1 is 1.03 bits per heavy atom. The van der Waals surface area contributed by atoms with Gasteiger partial charge >= 0.3 is 5.97 Å². The SMILES string of the molecule is O=C(O)c1ccc(COc2cc(Cl)ccc2N(CC2CC2)S(=O)(=O)c2ccccc2)cc1. The van der Waals surface area contributed by atoms with E-state index < -0.39 is 16.0 Å². The molecule has 0 heterocycles. The van der Waals surface area contributed by atoms with Crippen molar-refractivity contribution in [3.05, 3.63) is 88.9 Å². The van der Waals surface area contributed by atoms with Crippen LogP contribution in [0.4, 0.5) is 5.69 Å². The maximum Gasteiger partial charge on any atom is 0.335 e. The van der Waals surface area contributed by atoms with Crippen LogP contribution < -0.4 is 9.04 Å². The number of benzene rings is 3. The molecule has 0 aliphatic heterocycles. The summed E-state index contributed by atoms with van der Waals surface area (Å²) in [5.74, 6) is -0.350. The van der Waals surface area contributed by atoms with Crippen molar-refractivity contribution in [2.24, 2.45) is 5.92 Å². The molecular weight excluding hydrogens is 450 g/mol. The van der Waals surface area contributed by atoms with Crippen LogP contribution in [0.25, 0.3) is 0 Å². The van der Waals surface area contributed by atoms with Crippen LogP contribution in [0.15, 0.2) is 77.7 Å². The van der Waals surface area contributed by atoms with Crippen molar-refractivity contribution in [2.75, 3.05) is 10.8 Å². The molecule has 1 aliphatic rings. The van der Waals surface area contributed by atoms with Crippen molar-refractivity contribution in [1.82, 2.24) is 0 Å². The number of hydrogen-bond acceptors (Lipinski definition) is 4. The van der Waals surface area contributed by atoms with Gasteiger partial charge in [-0.3, -0.25) is 4.31 Å². The Kier molecular flexibility index (Phi) is 6.39. The number of carboxylic acids is 1. The number of carboxylic acid groups (broad SMARTS) is 1. The fourth-order valence-corrected chi connectivity index (χ4v) is 5.03. The largest absolute Gasteiger partial charge is 0.487 e. The third kappa shape index (κ3) is 5.06. The number of ether oxygens (including phenoxy) is 1. The van der Waals surface area contributed by atoms with E-state index in [0.29, 0.717) is 28.9 Å². The van der Waals surface area contributed by atoms with Crippen molar-refractivity contribution in [2.45, 2.75) is 24.3 Å². The van der Waals surface area contributed by atoms with Crippen LogP contribution >= 0.6 is 11.6 Å². The average molecular weight is 472 g/mol. The van der Waals surface area contributed by atoms with E-state index in [1.165, 1.54) is 16.4 Å². The summed E-state index contributed by atoms with van der Waals surface area (Å²) in [5, 5.41) is 9.48. The molecular formula is C24H22ClNO5S. The Bertz CT molecular complexity index is 1210. The van der Waals surface area contributed by atoms with E-state index >= 15 is 0 Å². The van der Waals surface area contributed by atoms with Crippen LogP contribution in [-0.2, 0) is 16.6 Å². The number of halogens is 1. The van der Waals surface area contributed by atoms with Gasteiger partial charge in [-0.15, -0.1) is 0 Å². The van der Waals surface area contributed by atoms with Gasteiger partial charge in [0, 0.05) is 17.6 Å². The minimum atomic E-state index is -3.80. The van der Waals surface area contributed by atoms with Gasteiger partial charge in [0.2, 0.25) is 0 Å². The topological polar surface area (TPSA) is 83.9 Å². The first-order valence-corrected chi connectivity index (χ1v) is 12.0. The van der Waals surface area contributed by atoms with Crippen molar-refractivity contribution in [3.63, 3.8) is 0 Å². The quantitative estimate of drug-likeness (QED) is 0.462. The lowest BCUT2D eigenvalue weighted by Crippen LogP contribution is -2.33. The van der Waals surface area contributed by atoms with Crippen molar-refractivity contribution in [1.29, 1.82) is 0 Å². The van der Waals surface area contributed by atoms with Crippen LogP contribution in [-0.4, -0.2) is 26.0 Å². The lowest BCUT2D eigenvalue weighted by Gasteiger charge is -2.26. The van der Waals surface area contributed by atoms with E-state index in [0.717, 1.165) is 18.4 Å². The molecule has 6 nitrogen and oxygen atoms in total. The van der Waals surface area contributed by atoms with E-state index in [2.05, 4.69) is 0 Å². The third-order valence-electron chi connectivity index (χ3n) is 5.24. The molecule has 8 heteroatoms. The monoisotopic (exact) mass is 471 g/mol. The summed E-state index contributed by atoms with van der Waals surface area (Å²) in [4.78, 5) is 11.3. The first-order chi connectivity index (χ1) is 15.3. The Morgan fingerprint density at radius 3 is 2.34 bits per heavy atom. The molecule has 0 amide bonds. The lowest BCUT2D eigenvalue weighted by molar-refractivity contribution is 0.0697. The van der Waals surface area contributed by atoms with E-state index in [4.69, 9.17) is 21.4 Å². The Balaban J connectivity index is 1.65. The highest BCUT2D eigenvalue weighted by Crippen LogP contribution is 2.39. The zero-order chi connectivity index (χ0) is 22.7. The van der Waals surface area contributed by atoms with E-state index in [9.17, 15) is 13.2 Å². The number of carbonyl (C=O) groups is 1. The first-order valence-electron chi connectivity index (χ1n) is 10.2. The Labute approximate surface area is 192 Å². The van der Waals surface area contributed by atoms with Gasteiger partial charge in [0.05, 0.1) is 16.1 Å². The molecule has 0 atom stereocenters. The molecule has 4 rings (SSSR count). The summed E-state index contributed by atoms with van der Waals surface area (Å²) in [7, 11) is -3.80. The molecule has 1 saturated carbocycles. The molecule has 3 aromatic carbocycles. The van der Waals surface area contributed by atoms with Crippen molar-refractivity contribution < 1.29 is 23.1 Å². The standard InChI is InChI=1S/C24H22ClNO5S/c25-20-12-13-22(23(14-20)31-16-18-8-10-19(11-9-18)24(27)28)26(15-17-6-7-17)32(29,30)21-4-2-1-3-5-21/h1-5,8-14,17H,6-7,15-16H2,(H,27,28). The summed E-state index contributed by atoms with van der Waals surface area (Å²) in [6, 6.07) is 19.6. The van der Waals surface area contributed by atoms with Gasteiger partial charge in [0.1, 0.15) is 12.4 Å². The summed E-state index contributed by atoms with van der Waals surface area (Å²) >= 11 is 6.19. The maximum atomic E-state index is 13.5.